The molecule has 0 saturated heterocycles. The topological polar surface area (TPSA) is 40.1 Å². The summed E-state index contributed by atoms with van der Waals surface area (Å²) in [7, 11) is 0. The van der Waals surface area contributed by atoms with Crippen molar-refractivity contribution in [3.63, 3.8) is 0 Å². The van der Waals surface area contributed by atoms with Crippen molar-refractivity contribution in [2.24, 2.45) is 0 Å². The van der Waals surface area contributed by atoms with Crippen molar-refractivity contribution in [2.45, 2.75) is 0 Å². The zero-order chi connectivity index (χ0) is 3.58. The van der Waals surface area contributed by atoms with Crippen LogP contribution in [0.1, 0.15) is 0 Å². The van der Waals surface area contributed by atoms with E-state index in [0.29, 0.717) is 0 Å². The van der Waals surface area contributed by atoms with Crippen molar-refractivity contribution in [1.29, 1.82) is 0 Å². The average Bonchev–Trinajstić information content (AvgIpc) is 0.811. The first-order chi connectivity index (χ1) is 1.73. The maximum Gasteiger partial charge on any atom is 1.00 e. The molecule has 0 aliphatic carbocycles. The van der Waals surface area contributed by atoms with Crippen molar-refractivity contribution >= 4 is 17.9 Å². The van der Waals surface area contributed by atoms with E-state index in [0.717, 1.165) is 0 Å². The van der Waals surface area contributed by atoms with Crippen molar-refractivity contribution < 1.29 is 69.0 Å². The van der Waals surface area contributed by atoms with Gasteiger partial charge in [-0.15, -0.1) is 0 Å². The third-order valence-corrected chi connectivity index (χ3v) is 0. The van der Waals surface area contributed by atoms with Gasteiger partial charge >= 0.3 is 59.1 Å². The van der Waals surface area contributed by atoms with Gasteiger partial charge in [0.15, 0.2) is 0 Å². The minimum atomic E-state index is -1.50. The first-order valence-corrected chi connectivity index (χ1v) is 1.02. The minimum Gasteiger partial charge on any atom is -0.764 e. The Morgan fingerprint density at radius 3 is 1.50 bits per heavy atom. The number of carboxylic acid groups (broad SMARTS) is 1. The van der Waals surface area contributed by atoms with Gasteiger partial charge in [0.2, 0.25) is 0 Å². The molecule has 0 amide bonds. The van der Waals surface area contributed by atoms with Gasteiger partial charge in [-0.25, -0.2) is 0 Å². The predicted octanol–water partition coefficient (Wildman–Crippen LogP) is -7.12. The van der Waals surface area contributed by atoms with E-state index in [2.05, 4.69) is 12.6 Å². The fraction of sp³-hybridized carbons (Fsp3) is 0. The van der Waals surface area contributed by atoms with Gasteiger partial charge in [0, 0.05) is 0 Å². The van der Waals surface area contributed by atoms with Gasteiger partial charge < -0.3 is 22.5 Å². The van der Waals surface area contributed by atoms with Crippen LogP contribution in [0.4, 0.5) is 4.79 Å². The molecule has 0 aliphatic heterocycles. The largest absolute Gasteiger partial charge is 1.00 e. The van der Waals surface area contributed by atoms with E-state index in [1.807, 2.05) is 0 Å². The number of hydrogen-bond donors (Lipinski definition) is 0. The minimum absolute atomic E-state index is 0. The number of carbonyl (C=O) groups is 1. The van der Waals surface area contributed by atoms with Gasteiger partial charge in [0.25, 0.3) is 0 Å². The predicted molar refractivity (Wildman–Crippen MR) is 12.8 cm³/mol. The van der Waals surface area contributed by atoms with Gasteiger partial charge in [-0.05, 0) is 0 Å². The van der Waals surface area contributed by atoms with Crippen LogP contribution in [0.3, 0.4) is 0 Å². The van der Waals surface area contributed by atoms with Crippen LogP contribution in [-0.2, 0) is 12.6 Å². The molecule has 0 aromatic carbocycles. The summed E-state index contributed by atoms with van der Waals surface area (Å²) in [6.07, 6.45) is 0. The number of carbonyl (C=O) groups excluding carboxylic acids is 1. The van der Waals surface area contributed by atoms with Crippen LogP contribution in [0, 0.1) is 0 Å². The van der Waals surface area contributed by atoms with Crippen LogP contribution >= 0.6 is 0 Å². The molecule has 0 unspecified atom stereocenters. The number of rotatable bonds is 0. The summed E-state index contributed by atoms with van der Waals surface area (Å²) in [4.78, 5) is 8.70. The third-order valence-electron chi connectivity index (χ3n) is 0. The fourth-order valence-electron chi connectivity index (χ4n) is 0. The summed E-state index contributed by atoms with van der Waals surface area (Å²) in [5.74, 6) is 0. The van der Waals surface area contributed by atoms with E-state index in [9.17, 15) is 0 Å². The quantitative estimate of drug-likeness (QED) is 0.237. The van der Waals surface area contributed by atoms with Crippen LogP contribution < -0.4 is 64.2 Å². The molecular formula is CNa2O2S. The van der Waals surface area contributed by atoms with Crippen LogP contribution in [0.5, 0.6) is 0 Å². The molecule has 2 nitrogen and oxygen atoms in total. The Bertz CT molecular complexity index is 34.5. The molecule has 0 atom stereocenters. The maximum absolute atomic E-state index is 8.70. The second kappa shape index (κ2) is 9.85. The number of hydrogen-bond acceptors (Lipinski definition) is 3. The first kappa shape index (κ1) is 15.6. The molecule has 0 aliphatic rings. The van der Waals surface area contributed by atoms with E-state index in [1.54, 1.807) is 0 Å². The Hall–Kier alpha value is 1.69. The van der Waals surface area contributed by atoms with Crippen molar-refractivity contribution in [2.75, 3.05) is 0 Å². The van der Waals surface area contributed by atoms with Gasteiger partial charge in [-0.1, -0.05) is 5.30 Å². The molecule has 24 valence electrons. The molecule has 0 saturated carbocycles. The van der Waals surface area contributed by atoms with Crippen LogP contribution in [0.15, 0.2) is 0 Å². The summed E-state index contributed by atoms with van der Waals surface area (Å²) in [5, 5.41) is 7.20. The SMILES string of the molecule is O=C([O-])[S-].[Na+].[Na+]. The standard InChI is InChI=1S/CH2O2S.2Na/c2-1(3)4;;/h4H,(H,2,3);;/q;2*+1/p-2. The van der Waals surface area contributed by atoms with Gasteiger partial charge in [-0.2, -0.15) is 0 Å². The average molecular weight is 122 g/mol. The summed E-state index contributed by atoms with van der Waals surface area (Å²) >= 11 is 3.43. The summed E-state index contributed by atoms with van der Waals surface area (Å²) < 4.78 is 0. The molecule has 0 heterocycles. The molecule has 0 fully saturated rings. The van der Waals surface area contributed by atoms with Crippen molar-refractivity contribution in [1.82, 2.24) is 0 Å². The second-order valence-corrected chi connectivity index (χ2v) is 0.583. The molecule has 0 aromatic rings. The van der Waals surface area contributed by atoms with Gasteiger partial charge in [-0.3, -0.25) is 0 Å². The van der Waals surface area contributed by atoms with Crippen molar-refractivity contribution in [3.8, 4) is 0 Å². The van der Waals surface area contributed by atoms with E-state index in [-0.39, 0.29) is 59.1 Å². The second-order valence-electron chi connectivity index (χ2n) is 0.250. The van der Waals surface area contributed by atoms with E-state index in [1.165, 1.54) is 0 Å². The molecule has 5 heteroatoms. The molecule has 0 N–H and O–H groups in total. The van der Waals surface area contributed by atoms with Crippen LogP contribution in [0.2, 0.25) is 0 Å². The summed E-state index contributed by atoms with van der Waals surface area (Å²) in [6, 6.07) is 0. The molecule has 0 spiro atoms. The van der Waals surface area contributed by atoms with E-state index in [4.69, 9.17) is 9.90 Å². The Kier molecular flexibility index (Phi) is 25.7. The summed E-state index contributed by atoms with van der Waals surface area (Å²) in [6.45, 7) is 0. The molecule has 0 radical (unpaired) electrons. The van der Waals surface area contributed by atoms with Gasteiger partial charge in [0.1, 0.15) is 0 Å². The molecule has 0 rings (SSSR count). The summed E-state index contributed by atoms with van der Waals surface area (Å²) in [5.41, 5.74) is 0. The fourth-order valence-corrected chi connectivity index (χ4v) is 0. The molecule has 6 heavy (non-hydrogen) atoms. The Labute approximate surface area is 85.7 Å². The monoisotopic (exact) mass is 122 g/mol. The van der Waals surface area contributed by atoms with Gasteiger partial charge in [0.05, 0.1) is 0 Å². The smallest absolute Gasteiger partial charge is 0.764 e. The van der Waals surface area contributed by atoms with Crippen LogP contribution in [-0.4, -0.2) is 5.30 Å². The van der Waals surface area contributed by atoms with Crippen molar-refractivity contribution in [3.05, 3.63) is 0 Å². The van der Waals surface area contributed by atoms with E-state index < -0.39 is 5.30 Å². The molecule has 0 aromatic heterocycles. The Balaban J connectivity index is -0.0000000450. The normalized spacial score (nSPS) is 4.00. The Morgan fingerprint density at radius 2 is 1.50 bits per heavy atom. The zero-order valence-corrected chi connectivity index (χ0v) is 8.54. The Morgan fingerprint density at radius 1 is 1.50 bits per heavy atom. The third kappa shape index (κ3) is 43.8. The van der Waals surface area contributed by atoms with Crippen LogP contribution in [0.25, 0.3) is 0 Å². The molecule has 0 bridgehead atoms. The van der Waals surface area contributed by atoms with E-state index >= 15 is 0 Å². The first-order valence-electron chi connectivity index (χ1n) is 0.612. The maximum atomic E-state index is 8.70. The molecular weight excluding hydrogens is 122 g/mol. The zero-order valence-electron chi connectivity index (χ0n) is 3.72.